The first-order chi connectivity index (χ1) is 8.46. The number of rotatable bonds is 1. The highest BCUT2D eigenvalue weighted by atomic mass is 14.2. The van der Waals surface area contributed by atoms with Gasteiger partial charge in [-0.25, -0.2) is 0 Å². The number of hydrogen-bond acceptors (Lipinski definition) is 0. The van der Waals surface area contributed by atoms with Crippen molar-refractivity contribution in [1.29, 1.82) is 0 Å². The quantitative estimate of drug-likeness (QED) is 0.576. The van der Waals surface area contributed by atoms with E-state index in [-0.39, 0.29) is 0 Å². The number of fused-ring (bicyclic) bond motifs is 1. The molecule has 0 N–H and O–H groups in total. The second-order valence-corrected chi connectivity index (χ2v) is 6.19. The van der Waals surface area contributed by atoms with Gasteiger partial charge in [0.2, 0.25) is 0 Å². The molecule has 0 nitrogen and oxygen atoms in total. The van der Waals surface area contributed by atoms with E-state index in [2.05, 4.69) is 58.7 Å². The van der Waals surface area contributed by atoms with E-state index in [0.717, 1.165) is 6.42 Å². The highest BCUT2D eigenvalue weighted by Gasteiger charge is 2.15. The van der Waals surface area contributed by atoms with Crippen molar-refractivity contribution in [2.45, 2.75) is 46.5 Å². The van der Waals surface area contributed by atoms with Gasteiger partial charge in [0.15, 0.2) is 0 Å². The molecule has 0 aromatic heterocycles. The lowest BCUT2D eigenvalue weighted by Crippen LogP contribution is -2.10. The van der Waals surface area contributed by atoms with Crippen LogP contribution in [0.4, 0.5) is 0 Å². The average molecular weight is 242 g/mol. The van der Waals surface area contributed by atoms with Crippen molar-refractivity contribution in [1.82, 2.24) is 0 Å². The van der Waals surface area contributed by atoms with Crippen molar-refractivity contribution < 1.29 is 0 Å². The number of hydrogen-bond donors (Lipinski definition) is 0. The summed E-state index contributed by atoms with van der Waals surface area (Å²) in [5, 5.41) is 0. The van der Waals surface area contributed by atoms with Crippen LogP contribution in [0.5, 0.6) is 0 Å². The number of benzene rings is 1. The molecule has 2 rings (SSSR count). The maximum absolute atomic E-state index is 4.19. The SMILES string of the molecule is C=C.C=C1CCCc2ccc(CC(C)(C)C)cc21. The summed E-state index contributed by atoms with van der Waals surface area (Å²) >= 11 is 0. The van der Waals surface area contributed by atoms with Crippen LogP contribution >= 0.6 is 0 Å². The summed E-state index contributed by atoms with van der Waals surface area (Å²) in [4.78, 5) is 0. The van der Waals surface area contributed by atoms with E-state index < -0.39 is 0 Å². The first-order valence-corrected chi connectivity index (χ1v) is 6.76. The molecule has 0 heteroatoms. The van der Waals surface area contributed by atoms with Crippen molar-refractivity contribution in [3.05, 3.63) is 54.6 Å². The first-order valence-electron chi connectivity index (χ1n) is 6.76. The van der Waals surface area contributed by atoms with E-state index >= 15 is 0 Å². The highest BCUT2D eigenvalue weighted by molar-refractivity contribution is 5.68. The summed E-state index contributed by atoms with van der Waals surface area (Å²) in [6, 6.07) is 6.96. The molecule has 0 saturated carbocycles. The summed E-state index contributed by atoms with van der Waals surface area (Å²) < 4.78 is 0. The van der Waals surface area contributed by atoms with E-state index in [1.807, 2.05) is 0 Å². The molecule has 18 heavy (non-hydrogen) atoms. The highest BCUT2D eigenvalue weighted by Crippen LogP contribution is 2.31. The standard InChI is InChI=1S/C16H22.C2H4/c1-12-6-5-7-14-9-8-13(10-15(12)14)11-16(2,3)4;1-2/h8-10H,1,5-7,11H2,2-4H3;1-2H2. The predicted molar refractivity (Wildman–Crippen MR) is 82.8 cm³/mol. The Hall–Kier alpha value is -1.30. The second kappa shape index (κ2) is 6.04. The van der Waals surface area contributed by atoms with Gasteiger partial charge in [0.25, 0.3) is 0 Å². The van der Waals surface area contributed by atoms with Gasteiger partial charge in [0.1, 0.15) is 0 Å². The van der Waals surface area contributed by atoms with Gasteiger partial charge < -0.3 is 0 Å². The van der Waals surface area contributed by atoms with Crippen LogP contribution < -0.4 is 0 Å². The second-order valence-electron chi connectivity index (χ2n) is 6.19. The molecular weight excluding hydrogens is 216 g/mol. The van der Waals surface area contributed by atoms with Gasteiger partial charge in [-0.15, -0.1) is 13.2 Å². The maximum atomic E-state index is 4.19. The molecule has 1 aromatic carbocycles. The van der Waals surface area contributed by atoms with Crippen LogP contribution in [0, 0.1) is 5.41 Å². The summed E-state index contributed by atoms with van der Waals surface area (Å²) in [6.07, 6.45) is 4.81. The van der Waals surface area contributed by atoms with E-state index in [4.69, 9.17) is 0 Å². The van der Waals surface area contributed by atoms with Crippen LogP contribution in [0.3, 0.4) is 0 Å². The minimum atomic E-state index is 0.365. The van der Waals surface area contributed by atoms with E-state index in [0.29, 0.717) is 5.41 Å². The lowest BCUT2D eigenvalue weighted by molar-refractivity contribution is 0.411. The van der Waals surface area contributed by atoms with Gasteiger partial charge in [-0.05, 0) is 53.4 Å². The molecule has 98 valence electrons. The smallest absolute Gasteiger partial charge is 0.0196 e. The fraction of sp³-hybridized carbons (Fsp3) is 0.444. The maximum Gasteiger partial charge on any atom is -0.0196 e. The van der Waals surface area contributed by atoms with Crippen molar-refractivity contribution in [2.24, 2.45) is 5.41 Å². The van der Waals surface area contributed by atoms with Gasteiger partial charge >= 0.3 is 0 Å². The summed E-state index contributed by atoms with van der Waals surface area (Å²) in [7, 11) is 0. The summed E-state index contributed by atoms with van der Waals surface area (Å²) in [5.41, 5.74) is 6.07. The Balaban J connectivity index is 0.000000771. The third-order valence-corrected chi connectivity index (χ3v) is 3.21. The Kier molecular flexibility index (Phi) is 4.95. The van der Waals surface area contributed by atoms with Gasteiger partial charge in [-0.2, -0.15) is 0 Å². The van der Waals surface area contributed by atoms with Crippen LogP contribution in [0.25, 0.3) is 5.57 Å². The van der Waals surface area contributed by atoms with Crippen molar-refractivity contribution in [3.8, 4) is 0 Å². The van der Waals surface area contributed by atoms with Crippen molar-refractivity contribution in [2.75, 3.05) is 0 Å². The zero-order valence-electron chi connectivity index (χ0n) is 12.2. The lowest BCUT2D eigenvalue weighted by atomic mass is 9.83. The molecule has 0 aliphatic heterocycles. The zero-order valence-corrected chi connectivity index (χ0v) is 12.2. The Morgan fingerprint density at radius 2 is 1.78 bits per heavy atom. The third kappa shape index (κ3) is 3.87. The zero-order chi connectivity index (χ0) is 13.8. The minimum Gasteiger partial charge on any atom is -0.106 e. The largest absolute Gasteiger partial charge is 0.106 e. The molecular formula is C18H26. The lowest BCUT2D eigenvalue weighted by Gasteiger charge is -2.22. The molecule has 0 unspecified atom stereocenters. The molecule has 0 radical (unpaired) electrons. The van der Waals surface area contributed by atoms with Gasteiger partial charge in [0, 0.05) is 0 Å². The van der Waals surface area contributed by atoms with Crippen LogP contribution in [-0.2, 0) is 12.8 Å². The average Bonchev–Trinajstić information content (AvgIpc) is 2.31. The van der Waals surface area contributed by atoms with Gasteiger partial charge in [-0.3, -0.25) is 0 Å². The molecule has 0 spiro atoms. The summed E-state index contributed by atoms with van der Waals surface area (Å²) in [5.74, 6) is 0. The van der Waals surface area contributed by atoms with Crippen LogP contribution in [0.15, 0.2) is 37.9 Å². The Morgan fingerprint density at radius 1 is 1.11 bits per heavy atom. The normalized spacial score (nSPS) is 14.5. The number of aryl methyl sites for hydroxylation is 1. The monoisotopic (exact) mass is 242 g/mol. The van der Waals surface area contributed by atoms with Crippen LogP contribution in [0.1, 0.15) is 50.3 Å². The minimum absolute atomic E-state index is 0.365. The van der Waals surface area contributed by atoms with E-state index in [1.165, 1.54) is 41.5 Å². The van der Waals surface area contributed by atoms with E-state index in [1.54, 1.807) is 0 Å². The fourth-order valence-corrected chi connectivity index (χ4v) is 2.52. The molecule has 0 fully saturated rings. The molecule has 1 aromatic rings. The Morgan fingerprint density at radius 3 is 2.39 bits per heavy atom. The predicted octanol–water partition coefficient (Wildman–Crippen LogP) is 5.43. The topological polar surface area (TPSA) is 0 Å². The van der Waals surface area contributed by atoms with Crippen LogP contribution in [-0.4, -0.2) is 0 Å². The summed E-state index contributed by atoms with van der Waals surface area (Å²) in [6.45, 7) is 17.1. The molecule has 0 amide bonds. The molecule has 1 aliphatic rings. The molecule has 0 bridgehead atoms. The molecule has 0 heterocycles. The fourth-order valence-electron chi connectivity index (χ4n) is 2.52. The molecule has 0 atom stereocenters. The van der Waals surface area contributed by atoms with Gasteiger partial charge in [-0.1, -0.05) is 45.5 Å². The van der Waals surface area contributed by atoms with Crippen molar-refractivity contribution in [3.63, 3.8) is 0 Å². The Labute approximate surface area is 112 Å². The van der Waals surface area contributed by atoms with Crippen LogP contribution in [0.2, 0.25) is 0 Å². The third-order valence-electron chi connectivity index (χ3n) is 3.21. The number of allylic oxidation sites excluding steroid dienone is 1. The first kappa shape index (κ1) is 14.8. The molecule has 1 aliphatic carbocycles. The van der Waals surface area contributed by atoms with E-state index in [9.17, 15) is 0 Å². The van der Waals surface area contributed by atoms with Gasteiger partial charge in [0.05, 0.1) is 0 Å². The van der Waals surface area contributed by atoms with Crippen molar-refractivity contribution >= 4 is 5.57 Å². The Bertz CT molecular complexity index is 418. The molecule has 0 saturated heterocycles.